The van der Waals surface area contributed by atoms with Crippen LogP contribution in [0.15, 0.2) is 12.5 Å². The molecule has 1 rings (SSSR count). The molecule has 13 nitrogen and oxygen atoms in total. The molecule has 0 saturated carbocycles. The van der Waals surface area contributed by atoms with Crippen molar-refractivity contribution in [1.82, 2.24) is 25.9 Å². The number of carboxylic acid groups (broad SMARTS) is 2. The molecule has 35 heavy (non-hydrogen) atoms. The molecule has 4 atom stereocenters. The molecule has 0 fully saturated rings. The summed E-state index contributed by atoms with van der Waals surface area (Å²) in [5, 5.41) is 25.8. The van der Waals surface area contributed by atoms with Crippen LogP contribution >= 0.6 is 23.5 Å². The second-order valence-corrected chi connectivity index (χ2v) is 9.54. The Morgan fingerprint density at radius 2 is 1.51 bits per heavy atom. The zero-order valence-corrected chi connectivity index (χ0v) is 21.1. The van der Waals surface area contributed by atoms with Crippen molar-refractivity contribution in [2.24, 2.45) is 5.73 Å². The summed E-state index contributed by atoms with van der Waals surface area (Å²) in [5.74, 6) is -3.89. The normalized spacial score (nSPS) is 14.3. The molecule has 15 heteroatoms. The van der Waals surface area contributed by atoms with Gasteiger partial charge in [-0.15, -0.1) is 0 Å². The molecule has 0 aliphatic heterocycles. The molecule has 196 valence electrons. The Bertz CT molecular complexity index is 855. The molecule has 0 aliphatic carbocycles. The van der Waals surface area contributed by atoms with E-state index in [9.17, 15) is 34.2 Å². The van der Waals surface area contributed by atoms with Gasteiger partial charge in [0.05, 0.1) is 18.8 Å². The number of aromatic nitrogens is 2. The van der Waals surface area contributed by atoms with Crippen LogP contribution in [-0.4, -0.2) is 98.0 Å². The number of hydrogen-bond acceptors (Lipinski definition) is 9. The molecule has 4 unspecified atom stereocenters. The van der Waals surface area contributed by atoms with Crippen LogP contribution in [0.4, 0.5) is 0 Å². The van der Waals surface area contributed by atoms with E-state index in [0.717, 1.165) is 0 Å². The fraction of sp³-hybridized carbons (Fsp3) is 0.600. The van der Waals surface area contributed by atoms with E-state index in [1.807, 2.05) is 6.26 Å². The summed E-state index contributed by atoms with van der Waals surface area (Å²) in [4.78, 5) is 67.7. The summed E-state index contributed by atoms with van der Waals surface area (Å²) in [6.45, 7) is 0. The molecule has 1 aromatic heterocycles. The average Bonchev–Trinajstić information content (AvgIpc) is 3.31. The number of H-pyrrole nitrogens is 1. The Morgan fingerprint density at radius 1 is 0.943 bits per heavy atom. The lowest BCUT2D eigenvalue weighted by Crippen LogP contribution is -2.58. The van der Waals surface area contributed by atoms with E-state index in [1.54, 1.807) is 6.26 Å². The maximum Gasteiger partial charge on any atom is 0.326 e. The number of aliphatic carboxylic acids is 2. The quantitative estimate of drug-likeness (QED) is 0.126. The van der Waals surface area contributed by atoms with Crippen molar-refractivity contribution >= 4 is 53.2 Å². The lowest BCUT2D eigenvalue weighted by molar-refractivity contribution is -0.143. The van der Waals surface area contributed by atoms with Crippen LogP contribution in [-0.2, 0) is 30.4 Å². The van der Waals surface area contributed by atoms with Crippen molar-refractivity contribution in [3.05, 3.63) is 18.2 Å². The standard InChI is InChI=1S/C20H32N6O7S2/c1-34-5-3-12(21)17(29)25-15(8-16(27)28)19(31)26-14(7-11-9-22-10-23-11)18(30)24-13(20(32)33)4-6-35-2/h9-10,12-15H,3-8,21H2,1-2H3,(H,22,23)(H,24,30)(H,25,29)(H,26,31)(H,27,28)(H,32,33). The summed E-state index contributed by atoms with van der Waals surface area (Å²) in [6.07, 6.45) is 6.11. The molecular formula is C20H32N6O7S2. The van der Waals surface area contributed by atoms with Gasteiger partial charge in [0.1, 0.15) is 18.1 Å². The van der Waals surface area contributed by atoms with Crippen LogP contribution in [0.5, 0.6) is 0 Å². The first-order valence-electron chi connectivity index (χ1n) is 10.6. The van der Waals surface area contributed by atoms with Crippen molar-refractivity contribution in [3.8, 4) is 0 Å². The predicted octanol–water partition coefficient (Wildman–Crippen LogP) is -1.20. The lowest BCUT2D eigenvalue weighted by Gasteiger charge is -2.24. The van der Waals surface area contributed by atoms with E-state index in [0.29, 0.717) is 23.6 Å². The van der Waals surface area contributed by atoms with Gasteiger partial charge in [0, 0.05) is 18.3 Å². The minimum absolute atomic E-state index is 0.0760. The van der Waals surface area contributed by atoms with E-state index in [1.165, 1.54) is 36.0 Å². The predicted molar refractivity (Wildman–Crippen MR) is 132 cm³/mol. The fourth-order valence-corrected chi connectivity index (χ4v) is 3.86. The third-order valence-electron chi connectivity index (χ3n) is 4.82. The van der Waals surface area contributed by atoms with Gasteiger partial charge in [-0.3, -0.25) is 19.2 Å². The van der Waals surface area contributed by atoms with Gasteiger partial charge >= 0.3 is 11.9 Å². The zero-order chi connectivity index (χ0) is 26.4. The van der Waals surface area contributed by atoms with E-state index < -0.39 is 60.2 Å². The third kappa shape index (κ3) is 11.5. The monoisotopic (exact) mass is 532 g/mol. The van der Waals surface area contributed by atoms with Gasteiger partial charge in [0.2, 0.25) is 17.7 Å². The molecule has 0 radical (unpaired) electrons. The second-order valence-electron chi connectivity index (χ2n) is 7.57. The molecule has 8 N–H and O–H groups in total. The number of aromatic amines is 1. The highest BCUT2D eigenvalue weighted by Crippen LogP contribution is 2.06. The number of carbonyl (C=O) groups excluding carboxylic acids is 3. The van der Waals surface area contributed by atoms with Crippen LogP contribution in [0, 0.1) is 0 Å². The molecule has 0 aromatic carbocycles. The smallest absolute Gasteiger partial charge is 0.326 e. The first kappa shape index (κ1) is 30.3. The van der Waals surface area contributed by atoms with E-state index >= 15 is 0 Å². The van der Waals surface area contributed by atoms with Gasteiger partial charge in [-0.1, -0.05) is 0 Å². The Labute approximate surface area is 211 Å². The summed E-state index contributed by atoms with van der Waals surface area (Å²) in [6, 6.07) is -4.88. The lowest BCUT2D eigenvalue weighted by atomic mass is 10.1. The van der Waals surface area contributed by atoms with Crippen LogP contribution in [0.25, 0.3) is 0 Å². The summed E-state index contributed by atoms with van der Waals surface area (Å²) in [5.41, 5.74) is 6.28. The topological polar surface area (TPSA) is 217 Å². The van der Waals surface area contributed by atoms with E-state index in [-0.39, 0.29) is 12.8 Å². The number of imidazole rings is 1. The summed E-state index contributed by atoms with van der Waals surface area (Å²) >= 11 is 2.89. The maximum atomic E-state index is 12.9. The zero-order valence-electron chi connectivity index (χ0n) is 19.5. The number of rotatable bonds is 17. The molecule has 1 heterocycles. The van der Waals surface area contributed by atoms with Crippen LogP contribution in [0.1, 0.15) is 25.0 Å². The number of hydrogen-bond donors (Lipinski definition) is 7. The highest BCUT2D eigenvalue weighted by Gasteiger charge is 2.31. The molecule has 0 spiro atoms. The van der Waals surface area contributed by atoms with Crippen molar-refractivity contribution in [1.29, 1.82) is 0 Å². The second kappa shape index (κ2) is 16.0. The van der Waals surface area contributed by atoms with E-state index in [4.69, 9.17) is 5.73 Å². The number of carbonyl (C=O) groups is 5. The number of nitrogens with one attached hydrogen (secondary N) is 4. The van der Waals surface area contributed by atoms with Gasteiger partial charge in [-0.25, -0.2) is 9.78 Å². The minimum atomic E-state index is -1.50. The van der Waals surface area contributed by atoms with Crippen molar-refractivity contribution in [2.75, 3.05) is 24.0 Å². The van der Waals surface area contributed by atoms with Crippen LogP contribution < -0.4 is 21.7 Å². The molecule has 3 amide bonds. The number of amides is 3. The fourth-order valence-electron chi connectivity index (χ4n) is 2.90. The van der Waals surface area contributed by atoms with Crippen molar-refractivity contribution in [2.45, 2.75) is 49.9 Å². The van der Waals surface area contributed by atoms with Crippen molar-refractivity contribution in [3.63, 3.8) is 0 Å². The largest absolute Gasteiger partial charge is 0.481 e. The van der Waals surface area contributed by atoms with E-state index in [2.05, 4.69) is 25.9 Å². The van der Waals surface area contributed by atoms with Gasteiger partial charge in [-0.05, 0) is 36.9 Å². The number of thioether (sulfide) groups is 2. The first-order valence-corrected chi connectivity index (χ1v) is 13.4. The molecule has 0 saturated heterocycles. The Balaban J connectivity index is 3.02. The number of nitrogens with zero attached hydrogens (tertiary/aromatic N) is 1. The highest BCUT2D eigenvalue weighted by molar-refractivity contribution is 7.98. The Morgan fingerprint density at radius 3 is 2.06 bits per heavy atom. The minimum Gasteiger partial charge on any atom is -0.481 e. The Hall–Kier alpha value is -2.78. The van der Waals surface area contributed by atoms with Gasteiger partial charge in [0.25, 0.3) is 0 Å². The molecule has 0 bridgehead atoms. The summed E-state index contributed by atoms with van der Waals surface area (Å²) in [7, 11) is 0. The Kier molecular flexibility index (Phi) is 13.8. The van der Waals surface area contributed by atoms with Crippen molar-refractivity contribution < 1.29 is 34.2 Å². The highest BCUT2D eigenvalue weighted by atomic mass is 32.2. The maximum absolute atomic E-state index is 12.9. The van der Waals surface area contributed by atoms with Crippen LogP contribution in [0.3, 0.4) is 0 Å². The van der Waals surface area contributed by atoms with Gasteiger partial charge in [-0.2, -0.15) is 23.5 Å². The van der Waals surface area contributed by atoms with Crippen LogP contribution in [0.2, 0.25) is 0 Å². The van der Waals surface area contributed by atoms with Gasteiger partial charge in [0.15, 0.2) is 0 Å². The number of carboxylic acids is 2. The van der Waals surface area contributed by atoms with Gasteiger partial charge < -0.3 is 36.9 Å². The molecule has 1 aromatic rings. The SMILES string of the molecule is CSCCC(N)C(=O)NC(CC(=O)O)C(=O)NC(Cc1cnc[nH]1)C(=O)NC(CCSC)C(=O)O. The third-order valence-corrected chi connectivity index (χ3v) is 6.11. The first-order chi connectivity index (χ1) is 16.6. The summed E-state index contributed by atoms with van der Waals surface area (Å²) < 4.78 is 0. The molecular weight excluding hydrogens is 500 g/mol. The average molecular weight is 533 g/mol. The molecule has 0 aliphatic rings. The number of nitrogens with two attached hydrogens (primary N) is 1.